The van der Waals surface area contributed by atoms with Gasteiger partial charge in [0.05, 0.1) is 6.33 Å². The molecule has 1 aliphatic rings. The van der Waals surface area contributed by atoms with Crippen molar-refractivity contribution in [3.8, 4) is 5.75 Å². The molecular weight excluding hydrogens is 224 g/mol. The smallest absolute Gasteiger partial charge is 0.119 e. The van der Waals surface area contributed by atoms with Gasteiger partial charge in [0.25, 0.3) is 0 Å². The highest BCUT2D eigenvalue weighted by Gasteiger charge is 2.26. The molecule has 1 aromatic heterocycles. The number of aromatic amines is 1. The fraction of sp³-hybridized carbons (Fsp3) is 0.400. The lowest BCUT2D eigenvalue weighted by atomic mass is 9.93. The molecule has 1 heterocycles. The van der Waals surface area contributed by atoms with E-state index < -0.39 is 0 Å². The normalized spacial score (nSPS) is 18.0. The highest BCUT2D eigenvalue weighted by atomic mass is 16.3. The van der Waals surface area contributed by atoms with Crippen LogP contribution in [0.1, 0.15) is 40.3 Å². The van der Waals surface area contributed by atoms with Gasteiger partial charge < -0.3 is 10.1 Å². The summed E-state index contributed by atoms with van der Waals surface area (Å²) in [6.07, 6.45) is 6.88. The third-order valence-electron chi connectivity index (χ3n) is 4.24. The van der Waals surface area contributed by atoms with Crippen molar-refractivity contribution in [2.75, 3.05) is 0 Å². The number of aromatic nitrogens is 2. The number of imidazole rings is 1. The Kier molecular flexibility index (Phi) is 2.62. The summed E-state index contributed by atoms with van der Waals surface area (Å²) in [5.74, 6) is 0.938. The number of phenols is 1. The lowest BCUT2D eigenvalue weighted by Crippen LogP contribution is -2.00. The number of aromatic hydroxyl groups is 1. The Hall–Kier alpha value is -1.77. The highest BCUT2D eigenvalue weighted by Crippen LogP contribution is 2.40. The summed E-state index contributed by atoms with van der Waals surface area (Å²) >= 11 is 0. The van der Waals surface area contributed by atoms with Crippen LogP contribution in [0.2, 0.25) is 0 Å². The maximum absolute atomic E-state index is 9.99. The molecule has 1 atom stereocenters. The van der Waals surface area contributed by atoms with Gasteiger partial charge in [-0.1, -0.05) is 0 Å². The molecule has 0 bridgehead atoms. The number of hydrogen-bond acceptors (Lipinski definition) is 2. The van der Waals surface area contributed by atoms with E-state index in [1.165, 1.54) is 22.4 Å². The first-order valence-electron chi connectivity index (χ1n) is 6.46. The van der Waals surface area contributed by atoms with Gasteiger partial charge in [0.15, 0.2) is 0 Å². The third kappa shape index (κ3) is 1.70. The fourth-order valence-corrected chi connectivity index (χ4v) is 3.02. The second-order valence-corrected chi connectivity index (χ2v) is 5.23. The zero-order chi connectivity index (χ0) is 12.7. The van der Waals surface area contributed by atoms with Gasteiger partial charge in [-0.3, -0.25) is 0 Å². The third-order valence-corrected chi connectivity index (χ3v) is 4.24. The Balaban J connectivity index is 1.97. The molecule has 0 aliphatic heterocycles. The Bertz CT molecular complexity index is 573. The Morgan fingerprint density at radius 1 is 1.39 bits per heavy atom. The largest absolute Gasteiger partial charge is 0.508 e. The summed E-state index contributed by atoms with van der Waals surface area (Å²) in [6, 6.07) is 1.96. The zero-order valence-corrected chi connectivity index (χ0v) is 10.8. The van der Waals surface area contributed by atoms with Crippen LogP contribution in [0.25, 0.3) is 0 Å². The highest BCUT2D eigenvalue weighted by molar-refractivity contribution is 5.51. The number of nitrogens with zero attached hydrogens (tertiary/aromatic N) is 1. The van der Waals surface area contributed by atoms with Crippen molar-refractivity contribution in [3.63, 3.8) is 0 Å². The van der Waals surface area contributed by atoms with Crippen LogP contribution >= 0.6 is 0 Å². The Morgan fingerprint density at radius 3 is 2.94 bits per heavy atom. The fourth-order valence-electron chi connectivity index (χ4n) is 3.02. The summed E-state index contributed by atoms with van der Waals surface area (Å²) in [6.45, 7) is 4.11. The van der Waals surface area contributed by atoms with E-state index in [1.54, 1.807) is 6.33 Å². The number of phenolic OH excluding ortho intramolecular Hbond substituents is 1. The van der Waals surface area contributed by atoms with Gasteiger partial charge in [-0.05, 0) is 67.3 Å². The number of nitrogens with one attached hydrogen (secondary N) is 1. The topological polar surface area (TPSA) is 48.9 Å². The van der Waals surface area contributed by atoms with Gasteiger partial charge in [-0.2, -0.15) is 0 Å². The molecule has 1 aromatic carbocycles. The minimum absolute atomic E-state index is 0.433. The lowest BCUT2D eigenvalue weighted by Gasteiger charge is -2.14. The Labute approximate surface area is 107 Å². The standard InChI is InChI=1S/C15H18N2O/c1-9-10(2)15(18)6-14-11(3-4-13(9)14)5-12-7-16-8-17-12/h6-8,11,18H,3-5H2,1-2H3,(H,16,17). The molecule has 0 amide bonds. The SMILES string of the molecule is Cc1c(O)cc2c(c1C)CCC2Cc1cnc[nH]1. The van der Waals surface area contributed by atoms with Gasteiger partial charge in [0.1, 0.15) is 5.75 Å². The zero-order valence-electron chi connectivity index (χ0n) is 10.8. The van der Waals surface area contributed by atoms with Crippen LogP contribution in [0.5, 0.6) is 5.75 Å². The number of fused-ring (bicyclic) bond motifs is 1. The van der Waals surface area contributed by atoms with E-state index in [9.17, 15) is 5.11 Å². The van der Waals surface area contributed by atoms with Crippen molar-refractivity contribution in [1.82, 2.24) is 9.97 Å². The van der Waals surface area contributed by atoms with E-state index in [-0.39, 0.29) is 0 Å². The maximum atomic E-state index is 9.99. The van der Waals surface area contributed by atoms with Gasteiger partial charge in [0.2, 0.25) is 0 Å². The monoisotopic (exact) mass is 242 g/mol. The molecule has 0 spiro atoms. The lowest BCUT2D eigenvalue weighted by molar-refractivity contribution is 0.469. The van der Waals surface area contributed by atoms with Crippen molar-refractivity contribution < 1.29 is 5.11 Å². The molecule has 1 unspecified atom stereocenters. The molecule has 3 heteroatoms. The number of benzene rings is 1. The summed E-state index contributed by atoms with van der Waals surface area (Å²) in [7, 11) is 0. The first-order valence-corrected chi connectivity index (χ1v) is 6.46. The predicted octanol–water partition coefficient (Wildman–Crippen LogP) is 3.00. The molecule has 1 aliphatic carbocycles. The van der Waals surface area contributed by atoms with Crippen LogP contribution in [-0.4, -0.2) is 15.1 Å². The van der Waals surface area contributed by atoms with Gasteiger partial charge in [-0.25, -0.2) is 4.98 Å². The van der Waals surface area contributed by atoms with Crippen LogP contribution in [0, 0.1) is 13.8 Å². The molecule has 0 fully saturated rings. The molecule has 0 saturated heterocycles. The van der Waals surface area contributed by atoms with Crippen molar-refractivity contribution in [2.24, 2.45) is 0 Å². The average molecular weight is 242 g/mol. The maximum Gasteiger partial charge on any atom is 0.119 e. The van der Waals surface area contributed by atoms with E-state index in [0.717, 1.165) is 24.8 Å². The predicted molar refractivity (Wildman–Crippen MR) is 70.9 cm³/mol. The molecule has 2 aromatic rings. The van der Waals surface area contributed by atoms with Crippen molar-refractivity contribution in [1.29, 1.82) is 0 Å². The molecule has 18 heavy (non-hydrogen) atoms. The molecular formula is C15H18N2O. The summed E-state index contributed by atoms with van der Waals surface area (Å²) in [4.78, 5) is 7.23. The van der Waals surface area contributed by atoms with E-state index in [1.807, 2.05) is 19.2 Å². The average Bonchev–Trinajstić information content (AvgIpc) is 2.98. The van der Waals surface area contributed by atoms with E-state index >= 15 is 0 Å². The van der Waals surface area contributed by atoms with E-state index in [0.29, 0.717) is 11.7 Å². The molecule has 3 rings (SSSR count). The summed E-state index contributed by atoms with van der Waals surface area (Å²) in [5, 5.41) is 9.99. The van der Waals surface area contributed by atoms with E-state index in [2.05, 4.69) is 16.9 Å². The van der Waals surface area contributed by atoms with Crippen molar-refractivity contribution >= 4 is 0 Å². The van der Waals surface area contributed by atoms with Crippen LogP contribution in [0.15, 0.2) is 18.6 Å². The molecule has 0 radical (unpaired) electrons. The second-order valence-electron chi connectivity index (χ2n) is 5.23. The quantitative estimate of drug-likeness (QED) is 0.850. The van der Waals surface area contributed by atoms with Gasteiger partial charge in [-0.15, -0.1) is 0 Å². The van der Waals surface area contributed by atoms with Crippen molar-refractivity contribution in [3.05, 3.63) is 46.5 Å². The molecule has 94 valence electrons. The molecule has 3 nitrogen and oxygen atoms in total. The summed E-state index contributed by atoms with van der Waals surface area (Å²) < 4.78 is 0. The van der Waals surface area contributed by atoms with Gasteiger partial charge in [0, 0.05) is 11.9 Å². The molecule has 2 N–H and O–H groups in total. The van der Waals surface area contributed by atoms with Crippen LogP contribution in [0.4, 0.5) is 0 Å². The molecule has 0 saturated carbocycles. The first-order chi connectivity index (χ1) is 8.66. The van der Waals surface area contributed by atoms with Crippen molar-refractivity contribution in [2.45, 2.75) is 39.0 Å². The van der Waals surface area contributed by atoms with Crippen LogP contribution < -0.4 is 0 Å². The number of rotatable bonds is 2. The number of hydrogen-bond donors (Lipinski definition) is 2. The Morgan fingerprint density at radius 2 is 2.22 bits per heavy atom. The number of H-pyrrole nitrogens is 1. The summed E-state index contributed by atoms with van der Waals surface area (Å²) in [5.41, 5.74) is 6.22. The second kappa shape index (κ2) is 4.16. The van der Waals surface area contributed by atoms with Gasteiger partial charge >= 0.3 is 0 Å². The van der Waals surface area contributed by atoms with Crippen LogP contribution in [-0.2, 0) is 12.8 Å². The van der Waals surface area contributed by atoms with Crippen LogP contribution in [0.3, 0.4) is 0 Å². The minimum atomic E-state index is 0.433. The first kappa shape index (κ1) is 11.3. The minimum Gasteiger partial charge on any atom is -0.508 e. The van der Waals surface area contributed by atoms with E-state index in [4.69, 9.17) is 0 Å².